The molecule has 7 heteroatoms. The number of anilines is 1. The van der Waals surface area contributed by atoms with Gasteiger partial charge in [-0.05, 0) is 12.1 Å². The van der Waals surface area contributed by atoms with Crippen LogP contribution >= 0.6 is 34.8 Å². The van der Waals surface area contributed by atoms with Gasteiger partial charge in [-0.2, -0.15) is 0 Å². The van der Waals surface area contributed by atoms with E-state index in [0.717, 1.165) is 0 Å². The number of amides is 1. The minimum atomic E-state index is -0.327. The molecule has 1 rings (SSSR count). The summed E-state index contributed by atoms with van der Waals surface area (Å²) < 4.78 is 5.01. The summed E-state index contributed by atoms with van der Waals surface area (Å²) in [5.41, 5.74) is 5.83. The van der Waals surface area contributed by atoms with Crippen molar-refractivity contribution in [2.45, 2.75) is 12.5 Å². The SMILES string of the molecule is COC(CN)CC(=O)Nc1cc(Cl)c(Cl)cc1Cl. The van der Waals surface area contributed by atoms with Crippen molar-refractivity contribution < 1.29 is 9.53 Å². The van der Waals surface area contributed by atoms with Crippen LogP contribution in [0.5, 0.6) is 0 Å². The maximum absolute atomic E-state index is 11.7. The van der Waals surface area contributed by atoms with Crippen molar-refractivity contribution in [2.24, 2.45) is 5.73 Å². The zero-order valence-corrected chi connectivity index (χ0v) is 11.9. The summed E-state index contributed by atoms with van der Waals surface area (Å²) in [6.07, 6.45) is -0.185. The topological polar surface area (TPSA) is 64.3 Å². The summed E-state index contributed by atoms with van der Waals surface area (Å²) in [7, 11) is 1.50. The van der Waals surface area contributed by atoms with Crippen LogP contribution < -0.4 is 11.1 Å². The van der Waals surface area contributed by atoms with E-state index in [2.05, 4.69) is 5.32 Å². The summed E-state index contributed by atoms with van der Waals surface area (Å²) in [6.45, 7) is 0.263. The smallest absolute Gasteiger partial charge is 0.227 e. The molecule has 1 aromatic rings. The Morgan fingerprint density at radius 3 is 2.50 bits per heavy atom. The molecule has 0 aliphatic carbocycles. The van der Waals surface area contributed by atoms with Gasteiger partial charge in [-0.25, -0.2) is 0 Å². The lowest BCUT2D eigenvalue weighted by molar-refractivity contribution is -0.118. The first-order chi connectivity index (χ1) is 8.47. The van der Waals surface area contributed by atoms with Gasteiger partial charge in [0.2, 0.25) is 5.91 Å². The van der Waals surface area contributed by atoms with E-state index in [4.69, 9.17) is 45.3 Å². The van der Waals surface area contributed by atoms with Crippen molar-refractivity contribution in [3.8, 4) is 0 Å². The highest BCUT2D eigenvalue weighted by Crippen LogP contribution is 2.32. The summed E-state index contributed by atoms with van der Waals surface area (Å²) in [5.74, 6) is -0.257. The number of nitrogens with two attached hydrogens (primary N) is 1. The minimum absolute atomic E-state index is 0.142. The predicted molar refractivity (Wildman–Crippen MR) is 74.6 cm³/mol. The Labute approximate surface area is 120 Å². The van der Waals surface area contributed by atoms with Crippen molar-refractivity contribution in [3.63, 3.8) is 0 Å². The largest absolute Gasteiger partial charge is 0.380 e. The van der Waals surface area contributed by atoms with Crippen molar-refractivity contribution in [1.82, 2.24) is 0 Å². The molecule has 1 aromatic carbocycles. The van der Waals surface area contributed by atoms with E-state index < -0.39 is 0 Å². The van der Waals surface area contributed by atoms with Gasteiger partial charge in [0.05, 0.1) is 33.3 Å². The normalized spacial score (nSPS) is 12.3. The van der Waals surface area contributed by atoms with Crippen LogP contribution in [0.4, 0.5) is 5.69 Å². The van der Waals surface area contributed by atoms with E-state index in [1.807, 2.05) is 0 Å². The van der Waals surface area contributed by atoms with Crippen LogP contribution in [-0.2, 0) is 9.53 Å². The van der Waals surface area contributed by atoms with E-state index in [1.165, 1.54) is 19.2 Å². The monoisotopic (exact) mass is 310 g/mol. The second kappa shape index (κ2) is 7.16. The van der Waals surface area contributed by atoms with Crippen LogP contribution in [0.25, 0.3) is 0 Å². The minimum Gasteiger partial charge on any atom is -0.380 e. The first-order valence-electron chi connectivity index (χ1n) is 5.15. The van der Waals surface area contributed by atoms with Crippen LogP contribution in [0.15, 0.2) is 12.1 Å². The summed E-state index contributed by atoms with van der Waals surface area (Å²) >= 11 is 17.6. The van der Waals surface area contributed by atoms with E-state index in [-0.39, 0.29) is 25.0 Å². The van der Waals surface area contributed by atoms with Gasteiger partial charge in [0.25, 0.3) is 0 Å². The number of ether oxygens (including phenoxy) is 1. The highest BCUT2D eigenvalue weighted by Gasteiger charge is 2.14. The maximum Gasteiger partial charge on any atom is 0.227 e. The van der Waals surface area contributed by atoms with Gasteiger partial charge in [-0.3, -0.25) is 4.79 Å². The van der Waals surface area contributed by atoms with Crippen LogP contribution in [0.1, 0.15) is 6.42 Å². The lowest BCUT2D eigenvalue weighted by Gasteiger charge is -2.13. The summed E-state index contributed by atoms with van der Waals surface area (Å²) in [5, 5.41) is 3.59. The highest BCUT2D eigenvalue weighted by molar-refractivity contribution is 6.44. The van der Waals surface area contributed by atoms with E-state index in [9.17, 15) is 4.79 Å². The second-order valence-corrected chi connectivity index (χ2v) is 4.81. The number of benzene rings is 1. The number of hydrogen-bond acceptors (Lipinski definition) is 3. The van der Waals surface area contributed by atoms with Gasteiger partial charge in [-0.15, -0.1) is 0 Å². The fourth-order valence-electron chi connectivity index (χ4n) is 1.29. The van der Waals surface area contributed by atoms with Crippen LogP contribution in [0, 0.1) is 0 Å². The van der Waals surface area contributed by atoms with Crippen molar-refractivity contribution >= 4 is 46.4 Å². The molecule has 0 saturated carbocycles. The Balaban J connectivity index is 2.73. The van der Waals surface area contributed by atoms with Crippen molar-refractivity contribution in [2.75, 3.05) is 19.0 Å². The van der Waals surface area contributed by atoms with Crippen molar-refractivity contribution in [3.05, 3.63) is 27.2 Å². The Morgan fingerprint density at radius 2 is 1.94 bits per heavy atom. The zero-order valence-electron chi connectivity index (χ0n) is 9.67. The quantitative estimate of drug-likeness (QED) is 0.822. The molecule has 100 valence electrons. The van der Waals surface area contributed by atoms with Crippen LogP contribution in [0.2, 0.25) is 15.1 Å². The molecule has 1 unspecified atom stereocenters. The highest BCUT2D eigenvalue weighted by atomic mass is 35.5. The molecule has 0 saturated heterocycles. The molecule has 4 nitrogen and oxygen atoms in total. The Kier molecular flexibility index (Phi) is 6.18. The van der Waals surface area contributed by atoms with Gasteiger partial charge >= 0.3 is 0 Å². The molecule has 0 aromatic heterocycles. The fraction of sp³-hybridized carbons (Fsp3) is 0.364. The maximum atomic E-state index is 11.7. The first-order valence-corrected chi connectivity index (χ1v) is 6.28. The van der Waals surface area contributed by atoms with Crippen LogP contribution in [-0.4, -0.2) is 25.7 Å². The van der Waals surface area contributed by atoms with Gasteiger partial charge < -0.3 is 15.8 Å². The summed E-state index contributed by atoms with van der Waals surface area (Å²) in [6, 6.07) is 2.96. The van der Waals surface area contributed by atoms with E-state index in [0.29, 0.717) is 20.8 Å². The molecule has 0 radical (unpaired) electrons. The van der Waals surface area contributed by atoms with E-state index in [1.54, 1.807) is 0 Å². The Hall–Kier alpha value is -0.520. The second-order valence-electron chi connectivity index (χ2n) is 3.59. The van der Waals surface area contributed by atoms with Gasteiger partial charge in [0.15, 0.2) is 0 Å². The number of methoxy groups -OCH3 is 1. The number of carbonyl (C=O) groups is 1. The third-order valence-corrected chi connectivity index (χ3v) is 3.33. The number of carbonyl (C=O) groups excluding carboxylic acids is 1. The van der Waals surface area contributed by atoms with E-state index >= 15 is 0 Å². The lowest BCUT2D eigenvalue weighted by atomic mass is 10.2. The number of halogens is 3. The average Bonchev–Trinajstić information content (AvgIpc) is 2.33. The van der Waals surface area contributed by atoms with Crippen molar-refractivity contribution in [1.29, 1.82) is 0 Å². The first kappa shape index (κ1) is 15.5. The lowest BCUT2D eigenvalue weighted by Crippen LogP contribution is -2.28. The molecule has 0 aliphatic heterocycles. The summed E-state index contributed by atoms with van der Waals surface area (Å²) in [4.78, 5) is 11.7. The third-order valence-electron chi connectivity index (χ3n) is 2.29. The molecule has 3 N–H and O–H groups in total. The molecule has 0 spiro atoms. The van der Waals surface area contributed by atoms with Crippen LogP contribution in [0.3, 0.4) is 0 Å². The number of rotatable bonds is 5. The standard InChI is InChI=1S/C11H13Cl3N2O2/c1-18-6(5-15)2-11(17)16-10-4-8(13)7(12)3-9(10)14/h3-4,6H,2,5,15H2,1H3,(H,16,17). The number of hydrogen-bond donors (Lipinski definition) is 2. The molecule has 1 amide bonds. The zero-order chi connectivity index (χ0) is 13.7. The number of nitrogens with one attached hydrogen (secondary N) is 1. The fourth-order valence-corrected chi connectivity index (χ4v) is 1.88. The molecular formula is C11H13Cl3N2O2. The Bertz CT molecular complexity index is 437. The molecule has 0 heterocycles. The van der Waals surface area contributed by atoms with Gasteiger partial charge in [0, 0.05) is 13.7 Å². The third kappa shape index (κ3) is 4.30. The Morgan fingerprint density at radius 1 is 1.33 bits per heavy atom. The molecule has 18 heavy (non-hydrogen) atoms. The van der Waals surface area contributed by atoms with Gasteiger partial charge in [0.1, 0.15) is 0 Å². The molecule has 1 atom stereocenters. The molecular weight excluding hydrogens is 298 g/mol. The molecule has 0 bridgehead atoms. The molecule has 0 aliphatic rings. The van der Waals surface area contributed by atoms with Gasteiger partial charge in [-0.1, -0.05) is 34.8 Å². The predicted octanol–water partition coefficient (Wildman–Crippen LogP) is 2.95. The molecule has 0 fully saturated rings. The average molecular weight is 312 g/mol.